The zero-order valence-electron chi connectivity index (χ0n) is 5.07. The quantitative estimate of drug-likeness (QED) is 0.651. The van der Waals surface area contributed by atoms with Gasteiger partial charge in [0.25, 0.3) is 0 Å². The van der Waals surface area contributed by atoms with Gasteiger partial charge in [-0.15, -0.1) is 11.3 Å². The number of carboxylic acids is 1. The van der Waals surface area contributed by atoms with Crippen LogP contribution in [-0.4, -0.2) is 16.1 Å². The number of nitrogens with zero attached hydrogens (tertiary/aromatic N) is 1. The summed E-state index contributed by atoms with van der Waals surface area (Å²) in [5, 5.41) is 8.33. The molecule has 0 unspecified atom stereocenters. The fraction of sp³-hybridized carbons (Fsp3) is 0.200. The Kier molecular flexibility index (Phi) is 1.86. The molecule has 1 rings (SSSR count). The average Bonchev–Trinajstić information content (AvgIpc) is 2.15. The summed E-state index contributed by atoms with van der Waals surface area (Å²) in [5.41, 5.74) is 6.86. The molecule has 4 nitrogen and oxygen atoms in total. The van der Waals surface area contributed by atoms with Crippen LogP contribution in [0.4, 0.5) is 5.82 Å². The Hall–Kier alpha value is -1.10. The minimum Gasteiger partial charge on any atom is -0.481 e. The van der Waals surface area contributed by atoms with Crippen molar-refractivity contribution in [1.82, 2.24) is 4.98 Å². The molecule has 0 bridgehead atoms. The molecule has 0 fully saturated rings. The van der Waals surface area contributed by atoms with Crippen molar-refractivity contribution in [2.45, 2.75) is 6.42 Å². The summed E-state index contributed by atoms with van der Waals surface area (Å²) < 4.78 is 0. The molecule has 0 aliphatic rings. The zero-order chi connectivity index (χ0) is 7.56. The van der Waals surface area contributed by atoms with Crippen LogP contribution in [0.5, 0.6) is 0 Å². The fourth-order valence-electron chi connectivity index (χ4n) is 0.549. The molecule has 0 radical (unpaired) electrons. The van der Waals surface area contributed by atoms with Crippen molar-refractivity contribution in [2.75, 3.05) is 5.73 Å². The second-order valence-corrected chi connectivity index (χ2v) is 2.67. The molecule has 5 heteroatoms. The van der Waals surface area contributed by atoms with E-state index in [9.17, 15) is 4.79 Å². The molecular formula is C5H6N2O2S. The number of rotatable bonds is 2. The lowest BCUT2D eigenvalue weighted by Gasteiger charge is -1.89. The summed E-state index contributed by atoms with van der Waals surface area (Å²) in [4.78, 5) is 14.5. The van der Waals surface area contributed by atoms with Crippen molar-refractivity contribution in [3.63, 3.8) is 0 Å². The van der Waals surface area contributed by atoms with Crippen LogP contribution >= 0.6 is 11.3 Å². The Labute approximate surface area is 61.3 Å². The largest absolute Gasteiger partial charge is 0.481 e. The third-order valence-corrected chi connectivity index (χ3v) is 1.83. The number of aliphatic carboxylic acids is 1. The SMILES string of the molecule is Nc1ncsc1CC(=O)O. The monoisotopic (exact) mass is 158 g/mol. The molecule has 54 valence electrons. The van der Waals surface area contributed by atoms with Crippen molar-refractivity contribution >= 4 is 23.1 Å². The molecule has 0 aliphatic carbocycles. The Morgan fingerprint density at radius 1 is 1.90 bits per heavy atom. The van der Waals surface area contributed by atoms with Gasteiger partial charge in [0.1, 0.15) is 5.82 Å². The third kappa shape index (κ3) is 1.44. The number of carbonyl (C=O) groups is 1. The van der Waals surface area contributed by atoms with Crippen LogP contribution in [0.3, 0.4) is 0 Å². The molecule has 0 saturated carbocycles. The fourth-order valence-corrected chi connectivity index (χ4v) is 1.22. The van der Waals surface area contributed by atoms with Crippen molar-refractivity contribution < 1.29 is 9.90 Å². The van der Waals surface area contributed by atoms with Crippen LogP contribution in [0.2, 0.25) is 0 Å². The summed E-state index contributed by atoms with van der Waals surface area (Å²) in [6.07, 6.45) is -0.0312. The molecule has 1 heterocycles. The molecule has 0 saturated heterocycles. The van der Waals surface area contributed by atoms with Gasteiger partial charge < -0.3 is 10.8 Å². The number of anilines is 1. The van der Waals surface area contributed by atoms with Crippen molar-refractivity contribution in [1.29, 1.82) is 0 Å². The van der Waals surface area contributed by atoms with Gasteiger partial charge in [0.2, 0.25) is 0 Å². The highest BCUT2D eigenvalue weighted by Crippen LogP contribution is 2.14. The molecule has 0 spiro atoms. The van der Waals surface area contributed by atoms with Crippen LogP contribution in [0.25, 0.3) is 0 Å². The van der Waals surface area contributed by atoms with Gasteiger partial charge in [0.15, 0.2) is 0 Å². The molecule has 0 atom stereocenters. The van der Waals surface area contributed by atoms with E-state index in [1.165, 1.54) is 16.8 Å². The standard InChI is InChI=1S/C5H6N2O2S/c6-5-3(1-4(8)9)10-2-7-5/h2H,1,6H2,(H,8,9). The first-order chi connectivity index (χ1) is 4.70. The predicted molar refractivity (Wildman–Crippen MR) is 37.9 cm³/mol. The third-order valence-electron chi connectivity index (χ3n) is 0.984. The Morgan fingerprint density at radius 2 is 2.60 bits per heavy atom. The molecule has 0 aromatic carbocycles. The number of thiazole rings is 1. The van der Waals surface area contributed by atoms with E-state index >= 15 is 0 Å². The maximum atomic E-state index is 10.1. The van der Waals surface area contributed by atoms with E-state index in [-0.39, 0.29) is 6.42 Å². The normalized spacial score (nSPS) is 9.60. The van der Waals surface area contributed by atoms with Crippen LogP contribution in [0.15, 0.2) is 5.51 Å². The molecule has 0 aliphatic heterocycles. The van der Waals surface area contributed by atoms with E-state index in [0.717, 1.165) is 0 Å². The van der Waals surface area contributed by atoms with Crippen molar-refractivity contribution in [3.8, 4) is 0 Å². The predicted octanol–water partition coefficient (Wildman–Crippen LogP) is 0.352. The number of hydrogen-bond donors (Lipinski definition) is 2. The lowest BCUT2D eigenvalue weighted by Crippen LogP contribution is -2.00. The second kappa shape index (κ2) is 2.66. The highest BCUT2D eigenvalue weighted by atomic mass is 32.1. The number of aromatic nitrogens is 1. The van der Waals surface area contributed by atoms with E-state index in [0.29, 0.717) is 10.7 Å². The first-order valence-electron chi connectivity index (χ1n) is 2.60. The zero-order valence-corrected chi connectivity index (χ0v) is 5.89. The van der Waals surface area contributed by atoms with Gasteiger partial charge in [-0.1, -0.05) is 0 Å². The summed E-state index contributed by atoms with van der Waals surface area (Å²) in [6.45, 7) is 0. The Morgan fingerprint density at radius 3 is 3.00 bits per heavy atom. The van der Waals surface area contributed by atoms with Gasteiger partial charge >= 0.3 is 5.97 Å². The average molecular weight is 158 g/mol. The minimum absolute atomic E-state index is 0.0312. The van der Waals surface area contributed by atoms with Gasteiger partial charge in [-0.25, -0.2) is 4.98 Å². The lowest BCUT2D eigenvalue weighted by atomic mass is 10.4. The first-order valence-corrected chi connectivity index (χ1v) is 3.47. The van der Waals surface area contributed by atoms with Crippen molar-refractivity contribution in [2.24, 2.45) is 0 Å². The maximum absolute atomic E-state index is 10.1. The molecule has 10 heavy (non-hydrogen) atoms. The summed E-state index contributed by atoms with van der Waals surface area (Å²) in [7, 11) is 0. The van der Waals surface area contributed by atoms with Crippen molar-refractivity contribution in [3.05, 3.63) is 10.4 Å². The Balaban J connectivity index is 2.74. The minimum atomic E-state index is -0.879. The van der Waals surface area contributed by atoms with E-state index in [2.05, 4.69) is 4.98 Å². The van der Waals surface area contributed by atoms with Gasteiger partial charge in [-0.05, 0) is 0 Å². The molecule has 1 aromatic rings. The highest BCUT2D eigenvalue weighted by molar-refractivity contribution is 7.10. The molecule has 0 amide bonds. The summed E-state index contributed by atoms with van der Waals surface area (Å²) in [5.74, 6) is -0.552. The Bertz CT molecular complexity index is 246. The van der Waals surface area contributed by atoms with Gasteiger partial charge in [0, 0.05) is 0 Å². The topological polar surface area (TPSA) is 76.2 Å². The molecular weight excluding hydrogens is 152 g/mol. The van der Waals surface area contributed by atoms with E-state index < -0.39 is 5.97 Å². The maximum Gasteiger partial charge on any atom is 0.308 e. The van der Waals surface area contributed by atoms with Crippen LogP contribution in [0, 0.1) is 0 Å². The second-order valence-electron chi connectivity index (χ2n) is 1.73. The number of hydrogen-bond acceptors (Lipinski definition) is 4. The highest BCUT2D eigenvalue weighted by Gasteiger charge is 2.05. The molecule has 1 aromatic heterocycles. The number of carboxylic acid groups (broad SMARTS) is 1. The first kappa shape index (κ1) is 7.01. The van der Waals surface area contributed by atoms with Gasteiger partial charge in [-0.2, -0.15) is 0 Å². The van der Waals surface area contributed by atoms with Crippen LogP contribution in [-0.2, 0) is 11.2 Å². The van der Waals surface area contributed by atoms with E-state index in [1.54, 1.807) is 0 Å². The van der Waals surface area contributed by atoms with E-state index in [4.69, 9.17) is 10.8 Å². The summed E-state index contributed by atoms with van der Waals surface area (Å²) >= 11 is 1.26. The van der Waals surface area contributed by atoms with Gasteiger partial charge in [0.05, 0.1) is 16.8 Å². The lowest BCUT2D eigenvalue weighted by molar-refractivity contribution is -0.136. The smallest absolute Gasteiger partial charge is 0.308 e. The van der Waals surface area contributed by atoms with Gasteiger partial charge in [-0.3, -0.25) is 4.79 Å². The van der Waals surface area contributed by atoms with Crippen LogP contribution < -0.4 is 5.73 Å². The molecule has 3 N–H and O–H groups in total. The number of nitrogens with two attached hydrogens (primary N) is 1. The van der Waals surface area contributed by atoms with Crippen LogP contribution in [0.1, 0.15) is 4.88 Å². The number of nitrogen functional groups attached to an aromatic ring is 1. The summed E-state index contributed by atoms with van der Waals surface area (Å²) in [6, 6.07) is 0. The van der Waals surface area contributed by atoms with E-state index in [1.807, 2.05) is 0 Å².